The molecule has 8 heteroatoms. The van der Waals surface area contributed by atoms with Gasteiger partial charge in [-0.05, 0) is 63.3 Å². The van der Waals surface area contributed by atoms with E-state index in [1.165, 1.54) is 4.90 Å². The van der Waals surface area contributed by atoms with Crippen molar-refractivity contribution in [2.75, 3.05) is 0 Å². The molecule has 0 unspecified atom stereocenters. The number of nitrogens with zero attached hydrogens (tertiary/aromatic N) is 4. The number of hydrogen-bond acceptors (Lipinski definition) is 4. The summed E-state index contributed by atoms with van der Waals surface area (Å²) in [6.07, 6.45) is 3.54. The first-order valence-electron chi connectivity index (χ1n) is 9.78. The van der Waals surface area contributed by atoms with Crippen LogP contribution in [-0.4, -0.2) is 43.1 Å². The Morgan fingerprint density at radius 1 is 1.21 bits per heavy atom. The maximum Gasteiger partial charge on any atom is 0.408 e. The van der Waals surface area contributed by atoms with Gasteiger partial charge >= 0.3 is 6.09 Å². The van der Waals surface area contributed by atoms with Crippen LogP contribution in [0.25, 0.3) is 5.69 Å². The summed E-state index contributed by atoms with van der Waals surface area (Å²) in [5, 5.41) is 19.0. The molecular formula is C20H25ClN4O3. The van der Waals surface area contributed by atoms with Crippen LogP contribution in [0.1, 0.15) is 62.7 Å². The first kappa shape index (κ1) is 19.2. The molecule has 1 aliphatic carbocycles. The van der Waals surface area contributed by atoms with Crippen LogP contribution in [0.2, 0.25) is 5.02 Å². The average Bonchev–Trinajstić information content (AvgIpc) is 2.97. The van der Waals surface area contributed by atoms with Gasteiger partial charge in [-0.1, -0.05) is 11.6 Å². The number of hydrogen-bond donors (Lipinski definition) is 1. The summed E-state index contributed by atoms with van der Waals surface area (Å²) in [6.45, 7) is 4.63. The van der Waals surface area contributed by atoms with E-state index >= 15 is 0 Å². The van der Waals surface area contributed by atoms with Gasteiger partial charge in [-0.2, -0.15) is 0 Å². The van der Waals surface area contributed by atoms with E-state index in [1.54, 1.807) is 0 Å². The molecule has 4 rings (SSSR count). The predicted octanol–water partition coefficient (Wildman–Crippen LogP) is 4.37. The molecule has 1 aromatic heterocycles. The van der Waals surface area contributed by atoms with E-state index in [2.05, 4.69) is 24.0 Å². The van der Waals surface area contributed by atoms with E-state index in [0.717, 1.165) is 42.8 Å². The Balaban J connectivity index is 1.67. The molecule has 1 aromatic carbocycles. The second-order valence-corrected chi connectivity index (χ2v) is 8.32. The Hall–Kier alpha value is -2.12. The molecule has 0 spiro atoms. The van der Waals surface area contributed by atoms with Crippen molar-refractivity contribution < 1.29 is 14.6 Å². The van der Waals surface area contributed by atoms with E-state index < -0.39 is 6.09 Å². The number of carbonyl (C=O) groups is 1. The summed E-state index contributed by atoms with van der Waals surface area (Å²) in [7, 11) is 0. The van der Waals surface area contributed by atoms with Gasteiger partial charge in [-0.25, -0.2) is 4.79 Å². The normalized spacial score (nSPS) is 21.9. The second kappa shape index (κ2) is 7.72. The third-order valence-corrected chi connectivity index (χ3v) is 5.74. The molecular weight excluding hydrogens is 380 g/mol. The van der Waals surface area contributed by atoms with Gasteiger partial charge in [-0.3, -0.25) is 9.47 Å². The SMILES string of the molecule is CC(C)O[C@H]1CC[C@H](c2nnc3n2-c2ccc(Cl)cc2CN(C(=O)O)C3)CC1. The highest BCUT2D eigenvalue weighted by molar-refractivity contribution is 6.30. The van der Waals surface area contributed by atoms with Crippen molar-refractivity contribution in [1.29, 1.82) is 0 Å². The first-order chi connectivity index (χ1) is 13.4. The maximum absolute atomic E-state index is 11.7. The number of aromatic nitrogens is 3. The minimum absolute atomic E-state index is 0.209. The zero-order chi connectivity index (χ0) is 19.8. The van der Waals surface area contributed by atoms with Crippen LogP contribution in [0.3, 0.4) is 0 Å². The number of rotatable bonds is 3. The molecule has 150 valence electrons. The minimum atomic E-state index is -0.977. The number of carboxylic acid groups (broad SMARTS) is 1. The number of fused-ring (bicyclic) bond motifs is 3. The summed E-state index contributed by atoms with van der Waals surface area (Å²) in [4.78, 5) is 13.0. The van der Waals surface area contributed by atoms with Crippen molar-refractivity contribution in [2.24, 2.45) is 0 Å². The fourth-order valence-electron chi connectivity index (χ4n) is 4.27. The number of amides is 1. The number of benzene rings is 1. The quantitative estimate of drug-likeness (QED) is 0.821. The fourth-order valence-corrected chi connectivity index (χ4v) is 4.46. The molecule has 1 amide bonds. The molecule has 28 heavy (non-hydrogen) atoms. The molecule has 2 aliphatic rings. The summed E-state index contributed by atoms with van der Waals surface area (Å²) < 4.78 is 8.01. The van der Waals surface area contributed by atoms with Crippen molar-refractivity contribution >= 4 is 17.7 Å². The van der Waals surface area contributed by atoms with E-state index in [0.29, 0.717) is 17.0 Å². The lowest BCUT2D eigenvalue weighted by molar-refractivity contribution is -0.0151. The highest BCUT2D eigenvalue weighted by atomic mass is 35.5. The molecule has 0 radical (unpaired) electrons. The summed E-state index contributed by atoms with van der Waals surface area (Å²) >= 11 is 6.18. The Morgan fingerprint density at radius 2 is 1.96 bits per heavy atom. The van der Waals surface area contributed by atoms with E-state index in [4.69, 9.17) is 16.3 Å². The van der Waals surface area contributed by atoms with Crippen molar-refractivity contribution in [1.82, 2.24) is 19.7 Å². The van der Waals surface area contributed by atoms with Gasteiger partial charge in [0.1, 0.15) is 5.82 Å². The number of halogens is 1. The zero-order valence-electron chi connectivity index (χ0n) is 16.1. The molecule has 0 bridgehead atoms. The Kier molecular flexibility index (Phi) is 5.29. The standard InChI is InChI=1S/C20H25ClN4O3/c1-12(2)28-16-6-3-13(4-7-16)19-23-22-18-11-24(20(26)27)10-14-9-15(21)5-8-17(14)25(18)19/h5,8-9,12-13,16H,3-4,6-7,10-11H2,1-2H3,(H,26,27)/t13-,16-. The second-order valence-electron chi connectivity index (χ2n) is 7.88. The smallest absolute Gasteiger partial charge is 0.408 e. The lowest BCUT2D eigenvalue weighted by atomic mass is 9.86. The summed E-state index contributed by atoms with van der Waals surface area (Å²) in [5.41, 5.74) is 1.79. The van der Waals surface area contributed by atoms with Crippen LogP contribution in [-0.2, 0) is 17.8 Å². The van der Waals surface area contributed by atoms with Gasteiger partial charge < -0.3 is 9.84 Å². The number of ether oxygens (including phenoxy) is 1. The Morgan fingerprint density at radius 3 is 2.64 bits per heavy atom. The van der Waals surface area contributed by atoms with Crippen molar-refractivity contribution in [3.8, 4) is 5.69 Å². The van der Waals surface area contributed by atoms with E-state index in [1.807, 2.05) is 22.8 Å². The molecule has 2 aromatic rings. The summed E-state index contributed by atoms with van der Waals surface area (Å²) in [5.74, 6) is 1.85. The monoisotopic (exact) mass is 404 g/mol. The van der Waals surface area contributed by atoms with Gasteiger partial charge in [0.05, 0.1) is 31.0 Å². The fraction of sp³-hybridized carbons (Fsp3) is 0.550. The zero-order valence-corrected chi connectivity index (χ0v) is 16.9. The van der Waals surface area contributed by atoms with Gasteiger partial charge in [0.2, 0.25) is 0 Å². The molecule has 2 heterocycles. The van der Waals surface area contributed by atoms with Gasteiger partial charge in [0.15, 0.2) is 5.82 Å². The molecule has 1 aliphatic heterocycles. The minimum Gasteiger partial charge on any atom is -0.465 e. The third kappa shape index (κ3) is 3.73. The molecule has 0 atom stereocenters. The van der Waals surface area contributed by atoms with Crippen molar-refractivity contribution in [2.45, 2.75) is 70.7 Å². The van der Waals surface area contributed by atoms with Crippen molar-refractivity contribution in [3.05, 3.63) is 40.4 Å². The van der Waals surface area contributed by atoms with Crippen LogP contribution >= 0.6 is 11.6 Å². The lowest BCUT2D eigenvalue weighted by Gasteiger charge is -2.29. The first-order valence-corrected chi connectivity index (χ1v) is 10.2. The summed E-state index contributed by atoms with van der Waals surface area (Å²) in [6, 6.07) is 5.60. The largest absolute Gasteiger partial charge is 0.465 e. The van der Waals surface area contributed by atoms with Crippen LogP contribution in [0.4, 0.5) is 4.79 Å². The topological polar surface area (TPSA) is 80.5 Å². The maximum atomic E-state index is 11.7. The van der Waals surface area contributed by atoms with E-state index in [-0.39, 0.29) is 25.1 Å². The molecule has 1 saturated carbocycles. The predicted molar refractivity (Wildman–Crippen MR) is 105 cm³/mol. The lowest BCUT2D eigenvalue weighted by Crippen LogP contribution is -2.28. The molecule has 1 fully saturated rings. The third-order valence-electron chi connectivity index (χ3n) is 5.51. The van der Waals surface area contributed by atoms with Gasteiger partial charge in [-0.15, -0.1) is 10.2 Å². The highest BCUT2D eigenvalue weighted by Crippen LogP contribution is 2.37. The van der Waals surface area contributed by atoms with Crippen molar-refractivity contribution in [3.63, 3.8) is 0 Å². The molecule has 1 N–H and O–H groups in total. The average molecular weight is 405 g/mol. The Bertz CT molecular complexity index is 874. The van der Waals surface area contributed by atoms with Gasteiger partial charge in [0.25, 0.3) is 0 Å². The van der Waals surface area contributed by atoms with Crippen LogP contribution in [0, 0.1) is 0 Å². The highest BCUT2D eigenvalue weighted by Gasteiger charge is 2.31. The van der Waals surface area contributed by atoms with Crippen LogP contribution in [0.5, 0.6) is 0 Å². The van der Waals surface area contributed by atoms with Crippen LogP contribution in [0.15, 0.2) is 18.2 Å². The van der Waals surface area contributed by atoms with E-state index in [9.17, 15) is 9.90 Å². The van der Waals surface area contributed by atoms with Crippen LogP contribution < -0.4 is 0 Å². The Labute approximate surface area is 169 Å². The van der Waals surface area contributed by atoms with Gasteiger partial charge in [0, 0.05) is 10.9 Å². The molecule has 7 nitrogen and oxygen atoms in total. The molecule has 0 saturated heterocycles.